The van der Waals surface area contributed by atoms with Gasteiger partial charge in [0.25, 0.3) is 0 Å². The molecule has 21 heavy (non-hydrogen) atoms. The molecule has 1 aromatic carbocycles. The molecule has 1 amide bonds. The second-order valence-electron chi connectivity index (χ2n) is 5.46. The number of halogens is 2. The quantitative estimate of drug-likeness (QED) is 0.841. The third kappa shape index (κ3) is 2.30. The molecule has 1 aromatic rings. The Balaban J connectivity index is 1.80. The second kappa shape index (κ2) is 4.95. The summed E-state index contributed by atoms with van der Waals surface area (Å²) in [5.74, 6) is -5.21. The van der Waals surface area contributed by atoms with Crippen molar-refractivity contribution in [3.63, 3.8) is 0 Å². The van der Waals surface area contributed by atoms with Gasteiger partial charge in [0.2, 0.25) is 5.91 Å². The van der Waals surface area contributed by atoms with Crippen molar-refractivity contribution >= 4 is 17.6 Å². The molecule has 1 fully saturated rings. The number of carboxylic acids is 1. The minimum Gasteiger partial charge on any atom is -0.481 e. The Morgan fingerprint density at radius 2 is 1.76 bits per heavy atom. The van der Waals surface area contributed by atoms with Gasteiger partial charge in [-0.15, -0.1) is 0 Å². The molecule has 0 radical (unpaired) electrons. The number of amides is 1. The van der Waals surface area contributed by atoms with E-state index >= 15 is 0 Å². The van der Waals surface area contributed by atoms with Gasteiger partial charge in [-0.3, -0.25) is 9.59 Å². The van der Waals surface area contributed by atoms with Crippen LogP contribution in [0.3, 0.4) is 0 Å². The Hall–Kier alpha value is -2.24. The third-order valence-electron chi connectivity index (χ3n) is 4.23. The number of carboxylic acid groups (broad SMARTS) is 1. The summed E-state index contributed by atoms with van der Waals surface area (Å²) in [5.41, 5.74) is 0.120. The highest BCUT2D eigenvalue weighted by molar-refractivity contribution is 5.96. The Morgan fingerprint density at radius 1 is 1.10 bits per heavy atom. The van der Waals surface area contributed by atoms with Gasteiger partial charge in [0.1, 0.15) is 0 Å². The molecule has 2 aliphatic carbocycles. The van der Waals surface area contributed by atoms with E-state index in [2.05, 4.69) is 5.32 Å². The maximum Gasteiger partial charge on any atom is 0.307 e. The molecule has 0 aliphatic heterocycles. The van der Waals surface area contributed by atoms with Crippen LogP contribution in [0.25, 0.3) is 0 Å². The van der Waals surface area contributed by atoms with Crippen molar-refractivity contribution < 1.29 is 23.5 Å². The molecule has 2 N–H and O–H groups in total. The lowest BCUT2D eigenvalue weighted by molar-refractivity contribution is -0.146. The van der Waals surface area contributed by atoms with E-state index in [1.807, 2.05) is 12.2 Å². The summed E-state index contributed by atoms with van der Waals surface area (Å²) >= 11 is 0. The van der Waals surface area contributed by atoms with Gasteiger partial charge in [-0.2, -0.15) is 0 Å². The van der Waals surface area contributed by atoms with Crippen LogP contribution in [0.1, 0.15) is 6.42 Å². The zero-order valence-electron chi connectivity index (χ0n) is 10.9. The summed E-state index contributed by atoms with van der Waals surface area (Å²) in [4.78, 5) is 23.6. The van der Waals surface area contributed by atoms with Crippen LogP contribution in [-0.4, -0.2) is 17.0 Å². The van der Waals surface area contributed by atoms with E-state index in [1.54, 1.807) is 0 Å². The van der Waals surface area contributed by atoms with E-state index in [0.29, 0.717) is 6.42 Å². The number of benzene rings is 1. The fraction of sp³-hybridized carbons (Fsp3) is 0.333. The average Bonchev–Trinajstić information content (AvgIpc) is 3.03. The summed E-state index contributed by atoms with van der Waals surface area (Å²) in [6.07, 6.45) is 4.34. The van der Waals surface area contributed by atoms with E-state index in [-0.39, 0.29) is 17.5 Å². The third-order valence-corrected chi connectivity index (χ3v) is 4.23. The first kappa shape index (κ1) is 13.7. The van der Waals surface area contributed by atoms with Gasteiger partial charge < -0.3 is 10.4 Å². The Kier molecular flexibility index (Phi) is 3.23. The van der Waals surface area contributed by atoms with Crippen LogP contribution in [0.5, 0.6) is 0 Å². The first-order valence-corrected chi connectivity index (χ1v) is 6.64. The Morgan fingerprint density at radius 3 is 2.38 bits per heavy atom. The van der Waals surface area contributed by atoms with Crippen molar-refractivity contribution in [2.75, 3.05) is 5.32 Å². The predicted molar refractivity (Wildman–Crippen MR) is 70.3 cm³/mol. The zero-order chi connectivity index (χ0) is 15.1. The molecule has 3 rings (SSSR count). The molecule has 0 aromatic heterocycles. The number of allylic oxidation sites excluding steroid dienone is 2. The largest absolute Gasteiger partial charge is 0.481 e. The number of nitrogens with one attached hydrogen (secondary N) is 1. The Labute approximate surface area is 119 Å². The zero-order valence-corrected chi connectivity index (χ0v) is 10.9. The van der Waals surface area contributed by atoms with Crippen molar-refractivity contribution in [2.24, 2.45) is 23.7 Å². The first-order valence-electron chi connectivity index (χ1n) is 6.64. The minimum absolute atomic E-state index is 0.110. The number of fused-ring (bicyclic) bond motifs is 2. The summed E-state index contributed by atoms with van der Waals surface area (Å²) in [5, 5.41) is 11.8. The SMILES string of the molecule is O=C(Nc1ccc(F)c(F)c1)[C@@H]1[C@H](C(=O)O)[C@H]2C=C[C@H]1C2. The van der Waals surface area contributed by atoms with E-state index in [9.17, 15) is 23.5 Å². The molecule has 0 unspecified atom stereocenters. The van der Waals surface area contributed by atoms with Crippen LogP contribution in [0, 0.1) is 35.3 Å². The molecular weight excluding hydrogens is 280 g/mol. The number of rotatable bonds is 3. The van der Waals surface area contributed by atoms with Crippen LogP contribution in [0.15, 0.2) is 30.4 Å². The number of carbonyl (C=O) groups is 2. The van der Waals surface area contributed by atoms with E-state index in [1.165, 1.54) is 6.07 Å². The summed E-state index contributed by atoms with van der Waals surface area (Å²) in [6.45, 7) is 0. The highest BCUT2D eigenvalue weighted by atomic mass is 19.2. The molecule has 0 saturated heterocycles. The van der Waals surface area contributed by atoms with Crippen molar-refractivity contribution in [3.8, 4) is 0 Å². The van der Waals surface area contributed by atoms with E-state index in [4.69, 9.17) is 0 Å². The first-order chi connectivity index (χ1) is 9.97. The van der Waals surface area contributed by atoms with Gasteiger partial charge in [-0.25, -0.2) is 8.78 Å². The lowest BCUT2D eigenvalue weighted by Crippen LogP contribution is -2.36. The van der Waals surface area contributed by atoms with Crippen molar-refractivity contribution in [1.82, 2.24) is 0 Å². The highest BCUT2D eigenvalue weighted by Gasteiger charge is 2.51. The maximum absolute atomic E-state index is 13.1. The molecule has 2 aliphatic rings. The van der Waals surface area contributed by atoms with Gasteiger partial charge in [0.15, 0.2) is 11.6 Å². The van der Waals surface area contributed by atoms with Crippen molar-refractivity contribution in [3.05, 3.63) is 42.0 Å². The van der Waals surface area contributed by atoms with Crippen LogP contribution in [0.2, 0.25) is 0 Å². The standard InChI is InChI=1S/C15H13F2NO3/c16-10-4-3-9(6-11(10)17)18-14(19)12-7-1-2-8(5-7)13(12)15(20)21/h1-4,6-8,12-13H,5H2,(H,18,19)(H,20,21)/t7-,8-,12-,13+/m0/s1. The maximum atomic E-state index is 13.1. The number of carbonyl (C=O) groups excluding carboxylic acids is 1. The summed E-state index contributed by atoms with van der Waals surface area (Å²) in [7, 11) is 0. The minimum atomic E-state index is -1.06. The summed E-state index contributed by atoms with van der Waals surface area (Å²) in [6, 6.07) is 3.04. The van der Waals surface area contributed by atoms with E-state index in [0.717, 1.165) is 12.1 Å². The highest BCUT2D eigenvalue weighted by Crippen LogP contribution is 2.48. The van der Waals surface area contributed by atoms with Crippen LogP contribution >= 0.6 is 0 Å². The molecule has 110 valence electrons. The molecule has 1 saturated carbocycles. The van der Waals surface area contributed by atoms with E-state index < -0.39 is 35.3 Å². The monoisotopic (exact) mass is 293 g/mol. The number of aliphatic carboxylic acids is 1. The van der Waals surface area contributed by atoms with Gasteiger partial charge in [0, 0.05) is 11.8 Å². The molecule has 4 atom stereocenters. The lowest BCUT2D eigenvalue weighted by atomic mass is 9.82. The number of hydrogen-bond acceptors (Lipinski definition) is 2. The van der Waals surface area contributed by atoms with Crippen molar-refractivity contribution in [1.29, 1.82) is 0 Å². The average molecular weight is 293 g/mol. The Bertz CT molecular complexity index is 644. The van der Waals surface area contributed by atoms with Gasteiger partial charge in [-0.05, 0) is 30.4 Å². The van der Waals surface area contributed by atoms with Crippen LogP contribution in [0.4, 0.5) is 14.5 Å². The fourth-order valence-electron chi connectivity index (χ4n) is 3.32. The van der Waals surface area contributed by atoms with Crippen LogP contribution in [-0.2, 0) is 9.59 Å². The predicted octanol–water partition coefficient (Wildman–Crippen LogP) is 2.43. The van der Waals surface area contributed by atoms with Crippen molar-refractivity contribution in [2.45, 2.75) is 6.42 Å². The molecule has 4 nitrogen and oxygen atoms in total. The molecule has 0 heterocycles. The molecule has 2 bridgehead atoms. The number of anilines is 1. The number of hydrogen-bond donors (Lipinski definition) is 2. The molecule has 6 heteroatoms. The van der Waals surface area contributed by atoms with Gasteiger partial charge in [-0.1, -0.05) is 12.2 Å². The second-order valence-corrected chi connectivity index (χ2v) is 5.46. The molecule has 0 spiro atoms. The van der Waals surface area contributed by atoms with Gasteiger partial charge >= 0.3 is 5.97 Å². The topological polar surface area (TPSA) is 66.4 Å². The fourth-order valence-corrected chi connectivity index (χ4v) is 3.32. The molecular formula is C15H13F2NO3. The lowest BCUT2D eigenvalue weighted by Gasteiger charge is -2.23. The summed E-state index contributed by atoms with van der Waals surface area (Å²) < 4.78 is 26.0. The smallest absolute Gasteiger partial charge is 0.307 e. The normalized spacial score (nSPS) is 29.6. The van der Waals surface area contributed by atoms with Gasteiger partial charge in [0.05, 0.1) is 11.8 Å². The van der Waals surface area contributed by atoms with Crippen LogP contribution < -0.4 is 5.32 Å².